The number of aromatic nitrogens is 11. The van der Waals surface area contributed by atoms with E-state index in [1.807, 2.05) is 42.7 Å². The summed E-state index contributed by atoms with van der Waals surface area (Å²) in [4.78, 5) is 40.7. The number of anilines is 5. The van der Waals surface area contributed by atoms with Crippen LogP contribution in [0.5, 0.6) is 0 Å². The minimum Gasteiger partial charge on any atom is -0.370 e. The molecule has 0 spiro atoms. The third-order valence-corrected chi connectivity index (χ3v) is 15.9. The van der Waals surface area contributed by atoms with Crippen molar-refractivity contribution >= 4 is 112 Å². The van der Waals surface area contributed by atoms with Crippen LogP contribution in [0.3, 0.4) is 0 Å². The van der Waals surface area contributed by atoms with E-state index < -0.39 is 0 Å². The summed E-state index contributed by atoms with van der Waals surface area (Å²) >= 11 is 16.2. The Bertz CT molecular complexity index is 3080. The summed E-state index contributed by atoms with van der Waals surface area (Å²) in [5.74, 6) is 2.55. The van der Waals surface area contributed by atoms with Gasteiger partial charge in [-0.3, -0.25) is 0 Å². The Morgan fingerprint density at radius 1 is 0.577 bits per heavy atom. The minimum atomic E-state index is 0.295. The molecule has 12 rings (SSSR count). The second kappa shape index (κ2) is 21.7. The van der Waals surface area contributed by atoms with Crippen molar-refractivity contribution in [2.45, 2.75) is 101 Å². The van der Waals surface area contributed by atoms with Crippen molar-refractivity contribution in [3.63, 3.8) is 0 Å². The third kappa shape index (κ3) is 10.5. The summed E-state index contributed by atoms with van der Waals surface area (Å²) in [7, 11) is 8.64. The Morgan fingerprint density at radius 2 is 1.11 bits per heavy atom. The summed E-state index contributed by atoms with van der Waals surface area (Å²) in [5, 5.41) is 16.7. The summed E-state index contributed by atoms with van der Waals surface area (Å²) in [6.45, 7) is 4.25. The molecule has 20 heteroatoms. The summed E-state index contributed by atoms with van der Waals surface area (Å²) < 4.78 is 5.29. The van der Waals surface area contributed by atoms with Crippen LogP contribution >= 0.6 is 39.1 Å². The number of nitrogens with zero attached hydrogens (tertiary/aromatic N) is 15. The van der Waals surface area contributed by atoms with Crippen LogP contribution in [-0.4, -0.2) is 130 Å². The van der Waals surface area contributed by atoms with Crippen LogP contribution in [0.1, 0.15) is 89.1 Å². The molecule has 2 saturated heterocycles. The van der Waals surface area contributed by atoms with Gasteiger partial charge in [0.25, 0.3) is 0 Å². The highest BCUT2D eigenvalue weighted by Gasteiger charge is 2.27. The predicted octanol–water partition coefficient (Wildman–Crippen LogP) is 10.5. The van der Waals surface area contributed by atoms with Crippen LogP contribution in [0.15, 0.2) is 72.0 Å². The molecule has 4 aliphatic rings. The van der Waals surface area contributed by atoms with Crippen molar-refractivity contribution in [3.05, 3.63) is 82.3 Å². The average Bonchev–Trinajstić information content (AvgIpc) is 4.22. The molecule has 0 amide bonds. The normalized spacial score (nSPS) is 17.5. The van der Waals surface area contributed by atoms with Gasteiger partial charge < -0.3 is 39.8 Å². The first-order chi connectivity index (χ1) is 34.5. The van der Waals surface area contributed by atoms with Crippen molar-refractivity contribution in [1.82, 2.24) is 64.0 Å². The predicted molar refractivity (Wildman–Crippen MR) is 290 cm³/mol. The topological polar surface area (TPSA) is 177 Å². The number of nitrogens with two attached hydrogens (primary N) is 1. The number of piperidine rings is 2. The van der Waals surface area contributed by atoms with E-state index >= 15 is 0 Å². The lowest BCUT2D eigenvalue weighted by Crippen LogP contribution is -2.42. The van der Waals surface area contributed by atoms with Gasteiger partial charge in [0.15, 0.2) is 16.1 Å². The lowest BCUT2D eigenvalue weighted by Gasteiger charge is -2.36. The monoisotopic (exact) mass is 1060 g/mol. The fourth-order valence-corrected chi connectivity index (χ4v) is 11.8. The van der Waals surface area contributed by atoms with Crippen molar-refractivity contribution in [3.8, 4) is 0 Å². The Kier molecular flexibility index (Phi) is 15.0. The molecular weight excluding hydrogens is 1000 g/mol. The van der Waals surface area contributed by atoms with Gasteiger partial charge in [-0.05, 0) is 132 Å². The highest BCUT2D eigenvalue weighted by atomic mass is 79.9. The average molecular weight is 1060 g/mol. The van der Waals surface area contributed by atoms with Gasteiger partial charge in [-0.25, -0.2) is 24.9 Å². The molecule has 17 nitrogen and oxygen atoms in total. The first-order valence-corrected chi connectivity index (χ1v) is 26.5. The van der Waals surface area contributed by atoms with Crippen LogP contribution in [-0.2, 0) is 0 Å². The highest BCUT2D eigenvalue weighted by molar-refractivity contribution is 9.10. The molecule has 0 aromatic carbocycles. The fraction of sp³-hybridized carbons (Fsp3) is 0.471. The van der Waals surface area contributed by atoms with Gasteiger partial charge in [0.2, 0.25) is 11.9 Å². The molecule has 0 radical (unpaired) electrons. The molecule has 372 valence electrons. The quantitative estimate of drug-likeness (QED) is 0.137. The van der Waals surface area contributed by atoms with Crippen molar-refractivity contribution in [2.75, 3.05) is 75.2 Å². The van der Waals surface area contributed by atoms with E-state index in [9.17, 15) is 0 Å². The van der Waals surface area contributed by atoms with Gasteiger partial charge in [-0.15, -0.1) is 10.2 Å². The zero-order valence-corrected chi connectivity index (χ0v) is 44.0. The molecule has 4 fully saturated rings. The molecule has 0 bridgehead atoms. The largest absolute Gasteiger partial charge is 0.370 e. The Balaban J connectivity index is 0.000000136. The van der Waals surface area contributed by atoms with Crippen molar-refractivity contribution < 1.29 is 0 Å². The minimum absolute atomic E-state index is 0.295. The van der Waals surface area contributed by atoms with Gasteiger partial charge in [0.1, 0.15) is 21.7 Å². The zero-order chi connectivity index (χ0) is 49.2. The lowest BCUT2D eigenvalue weighted by molar-refractivity contribution is 0.249. The number of halogens is 3. The van der Waals surface area contributed by atoms with E-state index in [-0.39, 0.29) is 0 Å². The molecule has 8 aromatic rings. The molecule has 2 aliphatic carbocycles. The van der Waals surface area contributed by atoms with Crippen molar-refractivity contribution in [1.29, 1.82) is 0 Å². The maximum atomic E-state index is 6.57. The maximum Gasteiger partial charge on any atom is 0.230 e. The van der Waals surface area contributed by atoms with E-state index in [0.29, 0.717) is 46.4 Å². The summed E-state index contributed by atoms with van der Waals surface area (Å²) in [5.41, 5.74) is 10.6. The van der Waals surface area contributed by atoms with E-state index in [0.717, 1.165) is 118 Å². The summed E-state index contributed by atoms with van der Waals surface area (Å²) in [6, 6.07) is 14.3. The number of fused-ring (bicyclic) bond motifs is 6. The van der Waals surface area contributed by atoms with Crippen molar-refractivity contribution in [2.24, 2.45) is 0 Å². The molecule has 0 unspecified atom stereocenters. The molecule has 0 atom stereocenters. The fourth-order valence-electron chi connectivity index (χ4n) is 11.1. The number of rotatable bonds is 8. The Hall–Kier alpha value is -5.53. The Labute approximate surface area is 432 Å². The van der Waals surface area contributed by atoms with Gasteiger partial charge >= 0.3 is 0 Å². The smallest absolute Gasteiger partial charge is 0.230 e. The molecule has 8 aromatic heterocycles. The molecule has 10 heterocycles. The molecule has 2 saturated carbocycles. The van der Waals surface area contributed by atoms with E-state index in [1.54, 1.807) is 18.6 Å². The number of nitrogen functional groups attached to an aromatic ring is 1. The lowest BCUT2D eigenvalue weighted by atomic mass is 10.0. The van der Waals surface area contributed by atoms with E-state index in [4.69, 9.17) is 33.9 Å². The highest BCUT2D eigenvalue weighted by Crippen LogP contribution is 2.41. The van der Waals surface area contributed by atoms with Gasteiger partial charge in [0.05, 0.1) is 22.9 Å². The van der Waals surface area contributed by atoms with Gasteiger partial charge in [-0.2, -0.15) is 9.97 Å². The SMILES string of the molecule is CN(C)C1CCN(c2ccc(Br)nn2)CC1.CN(C)C1CCN(c2ccc(Nc3ncc4c5ccnc(Cl)c5n(C5CCCC5)c4n3)nc2)CC1.Nc1ncc2c3ccnc(Cl)c3n(C3CCCC3)c2n1. The van der Waals surface area contributed by atoms with E-state index in [1.165, 1.54) is 51.4 Å². The zero-order valence-electron chi connectivity index (χ0n) is 40.9. The van der Waals surface area contributed by atoms with Crippen LogP contribution in [0.25, 0.3) is 43.9 Å². The first-order valence-electron chi connectivity index (χ1n) is 24.9. The van der Waals surface area contributed by atoms with Gasteiger partial charge in [-0.1, -0.05) is 48.9 Å². The standard InChI is InChI=1S/C26H31ClN8.C14H14ClN5.C11H17BrN4/c1-33(2)17-10-13-34(14-11-17)19-7-8-22(29-15-19)31-26-30-16-21-20-9-12-28-24(27)23(20)35(25(21)32-26)18-5-3-4-6-18;15-12-11-9(5-6-17-12)10-7-18-14(16)19-13(10)20(11)8-3-1-2-4-8;1-15(2)9-5-7-16(8-6-9)11-4-3-10(12)13-14-11/h7-9,12,15-18H,3-6,10-11,13-14H2,1-2H3,(H,29,30,31,32);5-8H,1-4H2,(H2,16,18,19);3-4,9H,5-8H2,1-2H3. The van der Waals surface area contributed by atoms with Crippen LogP contribution < -0.4 is 20.9 Å². The maximum absolute atomic E-state index is 6.57. The number of hydrogen-bond acceptors (Lipinski definition) is 15. The van der Waals surface area contributed by atoms with Crippen LogP contribution in [0, 0.1) is 0 Å². The van der Waals surface area contributed by atoms with Crippen LogP contribution in [0.2, 0.25) is 10.3 Å². The second-order valence-corrected chi connectivity index (χ2v) is 21.1. The van der Waals surface area contributed by atoms with E-state index in [2.05, 4.69) is 124 Å². The number of nitrogens with one attached hydrogen (secondary N) is 1. The number of pyridine rings is 3. The molecular formula is C51H62BrCl2N17. The molecule has 71 heavy (non-hydrogen) atoms. The first kappa shape index (κ1) is 49.1. The Morgan fingerprint density at radius 3 is 1.62 bits per heavy atom. The van der Waals surface area contributed by atoms with Crippen LogP contribution in [0.4, 0.5) is 29.2 Å². The number of hydrogen-bond donors (Lipinski definition) is 2. The van der Waals surface area contributed by atoms with Gasteiger partial charge in [0, 0.05) is 96.7 Å². The molecule has 3 N–H and O–H groups in total. The third-order valence-electron chi connectivity index (χ3n) is 14.9. The molecule has 2 aliphatic heterocycles. The summed E-state index contributed by atoms with van der Waals surface area (Å²) in [6.07, 6.45) is 23.3. The second-order valence-electron chi connectivity index (χ2n) is 19.6.